The number of rotatable bonds is 5. The monoisotopic (exact) mass is 472 g/mol. The number of hydrogen-bond acceptors (Lipinski definition) is 6. The van der Waals surface area contributed by atoms with E-state index >= 15 is 0 Å². The molecule has 0 radical (unpaired) electrons. The van der Waals surface area contributed by atoms with Crippen molar-refractivity contribution in [3.63, 3.8) is 0 Å². The van der Waals surface area contributed by atoms with Crippen LogP contribution in [0.4, 0.5) is 5.82 Å². The zero-order valence-electron chi connectivity index (χ0n) is 17.7. The van der Waals surface area contributed by atoms with Crippen LogP contribution in [0.2, 0.25) is 10.0 Å². The van der Waals surface area contributed by atoms with E-state index in [9.17, 15) is 4.79 Å². The minimum absolute atomic E-state index is 0.0992. The Morgan fingerprint density at radius 2 is 1.69 bits per heavy atom. The van der Waals surface area contributed by atoms with Crippen molar-refractivity contribution in [3.05, 3.63) is 64.1 Å². The van der Waals surface area contributed by atoms with Crippen LogP contribution in [0.5, 0.6) is 11.5 Å². The van der Waals surface area contributed by atoms with E-state index in [2.05, 4.69) is 15.1 Å². The summed E-state index contributed by atoms with van der Waals surface area (Å²) in [6.45, 7) is 2.41. The lowest BCUT2D eigenvalue weighted by Gasteiger charge is -2.35. The second-order valence-electron chi connectivity index (χ2n) is 7.25. The fourth-order valence-electron chi connectivity index (χ4n) is 3.62. The van der Waals surface area contributed by atoms with Gasteiger partial charge in [0.1, 0.15) is 11.5 Å². The Morgan fingerprint density at radius 3 is 2.31 bits per heavy atom. The van der Waals surface area contributed by atoms with Crippen molar-refractivity contribution in [3.8, 4) is 22.8 Å². The molecule has 32 heavy (non-hydrogen) atoms. The first kappa shape index (κ1) is 22.2. The molecule has 1 aromatic heterocycles. The van der Waals surface area contributed by atoms with Crippen molar-refractivity contribution in [2.24, 2.45) is 0 Å². The highest BCUT2D eigenvalue weighted by Gasteiger charge is 2.24. The van der Waals surface area contributed by atoms with Gasteiger partial charge in [0.2, 0.25) is 0 Å². The lowest BCUT2D eigenvalue weighted by atomic mass is 10.1. The molecular weight excluding hydrogens is 451 g/mol. The third kappa shape index (κ3) is 4.59. The summed E-state index contributed by atoms with van der Waals surface area (Å²) < 4.78 is 10.8. The van der Waals surface area contributed by atoms with E-state index < -0.39 is 0 Å². The average Bonchev–Trinajstić information content (AvgIpc) is 2.83. The van der Waals surface area contributed by atoms with Gasteiger partial charge in [0.05, 0.1) is 30.5 Å². The van der Waals surface area contributed by atoms with E-state index in [4.69, 9.17) is 32.7 Å². The van der Waals surface area contributed by atoms with E-state index in [0.29, 0.717) is 59.0 Å². The smallest absolute Gasteiger partial charge is 0.255 e. The summed E-state index contributed by atoms with van der Waals surface area (Å²) in [6.07, 6.45) is 0. The minimum Gasteiger partial charge on any atom is -0.497 e. The van der Waals surface area contributed by atoms with Crippen LogP contribution >= 0.6 is 23.2 Å². The summed E-state index contributed by atoms with van der Waals surface area (Å²) in [6, 6.07) is 14.3. The molecule has 1 aliphatic heterocycles. The van der Waals surface area contributed by atoms with Gasteiger partial charge in [-0.05, 0) is 48.5 Å². The van der Waals surface area contributed by atoms with E-state index in [1.807, 2.05) is 30.3 Å². The number of ether oxygens (including phenoxy) is 2. The molecule has 0 N–H and O–H groups in total. The van der Waals surface area contributed by atoms with Crippen molar-refractivity contribution >= 4 is 34.9 Å². The molecule has 0 atom stereocenters. The molecule has 0 spiro atoms. The first-order valence-corrected chi connectivity index (χ1v) is 10.8. The van der Waals surface area contributed by atoms with Gasteiger partial charge < -0.3 is 19.3 Å². The molecule has 0 bridgehead atoms. The van der Waals surface area contributed by atoms with E-state index in [1.165, 1.54) is 0 Å². The summed E-state index contributed by atoms with van der Waals surface area (Å²) in [4.78, 5) is 16.7. The van der Waals surface area contributed by atoms with Gasteiger partial charge in [-0.1, -0.05) is 23.2 Å². The lowest BCUT2D eigenvalue weighted by Crippen LogP contribution is -2.49. The number of hydrogen-bond donors (Lipinski definition) is 0. The van der Waals surface area contributed by atoms with E-state index in [0.717, 1.165) is 11.4 Å². The number of anilines is 1. The number of amides is 1. The predicted molar refractivity (Wildman–Crippen MR) is 125 cm³/mol. The molecule has 4 rings (SSSR count). The van der Waals surface area contributed by atoms with Crippen molar-refractivity contribution in [1.82, 2.24) is 15.1 Å². The van der Waals surface area contributed by atoms with Gasteiger partial charge in [-0.3, -0.25) is 4.79 Å². The number of nitrogens with zero attached hydrogens (tertiary/aromatic N) is 4. The highest BCUT2D eigenvalue weighted by atomic mass is 35.5. The predicted octanol–water partition coefficient (Wildman–Crippen LogP) is 4.43. The van der Waals surface area contributed by atoms with Gasteiger partial charge in [-0.15, -0.1) is 10.2 Å². The van der Waals surface area contributed by atoms with Gasteiger partial charge >= 0.3 is 0 Å². The van der Waals surface area contributed by atoms with Crippen LogP contribution < -0.4 is 14.4 Å². The number of carbonyl (C=O) groups excluding carboxylic acids is 1. The molecule has 1 saturated heterocycles. The summed E-state index contributed by atoms with van der Waals surface area (Å²) in [7, 11) is 3.23. The van der Waals surface area contributed by atoms with Gasteiger partial charge in [0.25, 0.3) is 5.91 Å². The Kier molecular flexibility index (Phi) is 6.67. The molecule has 0 unspecified atom stereocenters. The molecule has 2 aromatic carbocycles. The number of piperazine rings is 1. The zero-order chi connectivity index (χ0) is 22.7. The molecule has 9 heteroatoms. The maximum absolute atomic E-state index is 12.8. The second-order valence-corrected chi connectivity index (χ2v) is 8.09. The first-order valence-electron chi connectivity index (χ1n) is 10.1. The minimum atomic E-state index is -0.0992. The number of methoxy groups -OCH3 is 2. The largest absolute Gasteiger partial charge is 0.497 e. The summed E-state index contributed by atoms with van der Waals surface area (Å²) >= 11 is 12.1. The second kappa shape index (κ2) is 9.63. The highest BCUT2D eigenvalue weighted by Crippen LogP contribution is 2.32. The quantitative estimate of drug-likeness (QED) is 0.546. The van der Waals surface area contributed by atoms with Crippen LogP contribution in [-0.2, 0) is 0 Å². The maximum atomic E-state index is 12.8. The summed E-state index contributed by atoms with van der Waals surface area (Å²) in [5.74, 6) is 2.07. The number of halogens is 2. The topological polar surface area (TPSA) is 67.8 Å². The lowest BCUT2D eigenvalue weighted by molar-refractivity contribution is 0.0746. The average molecular weight is 473 g/mol. The molecule has 1 amide bonds. The molecule has 3 aromatic rings. The fourth-order valence-corrected chi connectivity index (χ4v) is 4.11. The third-order valence-electron chi connectivity index (χ3n) is 5.39. The van der Waals surface area contributed by atoms with Crippen molar-refractivity contribution in [2.45, 2.75) is 0 Å². The van der Waals surface area contributed by atoms with Crippen LogP contribution in [0.25, 0.3) is 11.3 Å². The third-order valence-corrected chi connectivity index (χ3v) is 5.93. The maximum Gasteiger partial charge on any atom is 0.255 e. The van der Waals surface area contributed by atoms with Crippen molar-refractivity contribution in [2.75, 3.05) is 45.3 Å². The van der Waals surface area contributed by atoms with Crippen LogP contribution in [-0.4, -0.2) is 61.4 Å². The molecule has 166 valence electrons. The van der Waals surface area contributed by atoms with Crippen LogP contribution in [0.1, 0.15) is 10.4 Å². The number of aromatic nitrogens is 2. The van der Waals surface area contributed by atoms with Crippen LogP contribution in [0.15, 0.2) is 48.5 Å². The van der Waals surface area contributed by atoms with Gasteiger partial charge in [-0.25, -0.2) is 0 Å². The number of carbonyl (C=O) groups is 1. The molecule has 1 fully saturated rings. The molecule has 0 saturated carbocycles. The Hall–Kier alpha value is -3.03. The van der Waals surface area contributed by atoms with E-state index in [-0.39, 0.29) is 5.91 Å². The first-order chi connectivity index (χ1) is 15.5. The van der Waals surface area contributed by atoms with Gasteiger partial charge in [0.15, 0.2) is 5.82 Å². The Balaban J connectivity index is 1.44. The SMILES string of the molecule is COc1ccc(OC)c(-c2ccc(N3CCN(C(=O)c4ccc(Cl)cc4Cl)CC3)nn2)c1. The number of benzene rings is 2. The normalized spacial score (nSPS) is 13.8. The Morgan fingerprint density at radius 1 is 0.906 bits per heavy atom. The highest BCUT2D eigenvalue weighted by molar-refractivity contribution is 6.36. The molecule has 2 heterocycles. The van der Waals surface area contributed by atoms with Crippen LogP contribution in [0.3, 0.4) is 0 Å². The van der Waals surface area contributed by atoms with Gasteiger partial charge in [0, 0.05) is 36.8 Å². The molecule has 7 nitrogen and oxygen atoms in total. The Bertz CT molecular complexity index is 1120. The standard InChI is InChI=1S/C23H22Cl2N4O3/c1-31-16-4-7-21(32-2)18(14-16)20-6-8-22(27-26-20)28-9-11-29(12-10-28)23(30)17-5-3-15(24)13-19(17)25/h3-8,13-14H,9-12H2,1-2H3. The van der Waals surface area contributed by atoms with Crippen molar-refractivity contribution < 1.29 is 14.3 Å². The zero-order valence-corrected chi connectivity index (χ0v) is 19.2. The Labute approximate surface area is 196 Å². The van der Waals surface area contributed by atoms with Crippen LogP contribution in [0, 0.1) is 0 Å². The van der Waals surface area contributed by atoms with E-state index in [1.54, 1.807) is 37.3 Å². The summed E-state index contributed by atoms with van der Waals surface area (Å²) in [5.41, 5.74) is 1.96. The fraction of sp³-hybridized carbons (Fsp3) is 0.261. The van der Waals surface area contributed by atoms with Gasteiger partial charge in [-0.2, -0.15) is 0 Å². The van der Waals surface area contributed by atoms with Crippen molar-refractivity contribution in [1.29, 1.82) is 0 Å². The summed E-state index contributed by atoms with van der Waals surface area (Å²) in [5, 5.41) is 9.66. The molecule has 0 aliphatic carbocycles. The molecular formula is C23H22Cl2N4O3. The molecule has 1 aliphatic rings.